The van der Waals surface area contributed by atoms with Gasteiger partial charge in [-0.3, -0.25) is 4.79 Å². The van der Waals surface area contributed by atoms with Gasteiger partial charge in [-0.25, -0.2) is 9.13 Å². The van der Waals surface area contributed by atoms with Crippen molar-refractivity contribution >= 4 is 50.9 Å². The number of hydrogen-bond acceptors (Lipinski definition) is 4. The van der Waals surface area contributed by atoms with Crippen molar-refractivity contribution in [2.24, 2.45) is 14.1 Å². The van der Waals surface area contributed by atoms with E-state index in [1.54, 1.807) is 0 Å². The molecule has 5 N–H and O–H groups in total. The van der Waals surface area contributed by atoms with Crippen LogP contribution in [0.5, 0.6) is 0 Å². The Kier molecular flexibility index (Phi) is 7.22. The van der Waals surface area contributed by atoms with Crippen LogP contribution in [0.3, 0.4) is 0 Å². The van der Waals surface area contributed by atoms with Crippen molar-refractivity contribution in [3.8, 4) is 11.1 Å². The van der Waals surface area contributed by atoms with E-state index in [1.807, 2.05) is 128 Å². The van der Waals surface area contributed by atoms with Crippen LogP contribution in [0.2, 0.25) is 0 Å². The molecule has 0 bridgehead atoms. The largest absolute Gasteiger partial charge is 0.399 e. The van der Waals surface area contributed by atoms with Crippen LogP contribution < -0.4 is 30.8 Å². The predicted octanol–water partition coefficient (Wildman–Crippen LogP) is 6.48. The highest BCUT2D eigenvalue weighted by atomic mass is 16.1. The van der Waals surface area contributed by atoms with Crippen molar-refractivity contribution < 1.29 is 13.9 Å². The zero-order valence-corrected chi connectivity index (χ0v) is 23.5. The van der Waals surface area contributed by atoms with Crippen molar-refractivity contribution in [3.05, 3.63) is 133 Å². The molecule has 206 valence electrons. The second-order valence-electron chi connectivity index (χ2n) is 10.3. The third-order valence-electron chi connectivity index (χ3n) is 7.17. The van der Waals surface area contributed by atoms with Crippen molar-refractivity contribution in [2.45, 2.75) is 0 Å². The van der Waals surface area contributed by atoms with E-state index in [-0.39, 0.29) is 5.91 Å². The van der Waals surface area contributed by atoms with Crippen LogP contribution in [0.15, 0.2) is 128 Å². The van der Waals surface area contributed by atoms with Crippen LogP contribution in [-0.2, 0) is 14.1 Å². The molecule has 0 atom stereocenters. The van der Waals surface area contributed by atoms with Gasteiger partial charge in [-0.2, -0.15) is 0 Å². The number of fused-ring (bicyclic) bond motifs is 1. The molecular formula is C35H32N6O+2. The van der Waals surface area contributed by atoms with Gasteiger partial charge in [0.25, 0.3) is 5.91 Å². The minimum atomic E-state index is -0.173. The number of pyridine rings is 2. The molecule has 2 heterocycles. The van der Waals surface area contributed by atoms with E-state index >= 15 is 0 Å². The van der Waals surface area contributed by atoms with Crippen LogP contribution in [-0.4, -0.2) is 5.91 Å². The van der Waals surface area contributed by atoms with Gasteiger partial charge in [0.15, 0.2) is 18.6 Å². The fourth-order valence-corrected chi connectivity index (χ4v) is 4.95. The van der Waals surface area contributed by atoms with Crippen molar-refractivity contribution in [1.82, 2.24) is 0 Å². The Hall–Kier alpha value is -5.69. The molecule has 6 aromatic rings. The van der Waals surface area contributed by atoms with Gasteiger partial charge in [0.05, 0.1) is 22.3 Å². The second kappa shape index (κ2) is 11.4. The first-order valence-electron chi connectivity index (χ1n) is 13.7. The van der Waals surface area contributed by atoms with Crippen LogP contribution in [0.1, 0.15) is 10.4 Å². The summed E-state index contributed by atoms with van der Waals surface area (Å²) < 4.78 is 4.09. The monoisotopic (exact) mass is 552 g/mol. The summed E-state index contributed by atoms with van der Waals surface area (Å²) in [6.45, 7) is 0. The number of carbonyl (C=O) groups excluding carboxylic acids is 1. The molecular weight excluding hydrogens is 520 g/mol. The number of benzene rings is 4. The van der Waals surface area contributed by atoms with Crippen molar-refractivity contribution in [3.63, 3.8) is 0 Å². The average molecular weight is 553 g/mol. The number of hydrogen-bond donors (Lipinski definition) is 4. The molecule has 1 amide bonds. The van der Waals surface area contributed by atoms with E-state index < -0.39 is 0 Å². The standard InChI is InChI=1S/C35H30N6O/c1-40-20-18-30(19-21-40)37-27-13-15-29(16-14-27)39-35(42)25-8-11-28(12-9-25)38-34-31-22-26(36)10-17-33(31)41(2)23-32(34)24-6-4-3-5-7-24/h3-23H,36H2,1-2H3,(H,39,42)/p+2. The lowest BCUT2D eigenvalue weighted by Gasteiger charge is -2.15. The molecule has 7 heteroatoms. The summed E-state index contributed by atoms with van der Waals surface area (Å²) in [5.41, 5.74) is 15.1. The lowest BCUT2D eigenvalue weighted by molar-refractivity contribution is -0.671. The highest BCUT2D eigenvalue weighted by Crippen LogP contribution is 2.36. The number of carbonyl (C=O) groups is 1. The summed E-state index contributed by atoms with van der Waals surface area (Å²) in [5.74, 6) is -0.173. The highest BCUT2D eigenvalue weighted by Gasteiger charge is 2.18. The third-order valence-corrected chi connectivity index (χ3v) is 7.17. The molecule has 42 heavy (non-hydrogen) atoms. The summed E-state index contributed by atoms with van der Waals surface area (Å²) in [4.78, 5) is 13.0. The Labute approximate surface area is 244 Å². The molecule has 4 aromatic carbocycles. The SMILES string of the molecule is C[n+]1ccc(Nc2ccc(NC(=O)c3ccc(Nc4c(-c5ccccc5)c[n+](C)c5ccc(N)cc45)cc3)cc2)cc1. The lowest BCUT2D eigenvalue weighted by atomic mass is 10.0. The molecule has 0 saturated heterocycles. The number of nitrogens with two attached hydrogens (primary N) is 1. The van der Waals surface area contributed by atoms with E-state index in [2.05, 4.69) is 38.8 Å². The second-order valence-corrected chi connectivity index (χ2v) is 10.3. The summed E-state index contributed by atoms with van der Waals surface area (Å²) in [6.07, 6.45) is 6.09. The number of aryl methyl sites for hydroxylation is 2. The molecule has 6 rings (SSSR count). The van der Waals surface area contributed by atoms with Gasteiger partial charge in [-0.1, -0.05) is 30.3 Å². The van der Waals surface area contributed by atoms with Gasteiger partial charge in [0, 0.05) is 46.5 Å². The molecule has 7 nitrogen and oxygen atoms in total. The maximum atomic E-state index is 13.0. The minimum absolute atomic E-state index is 0.173. The topological polar surface area (TPSA) is 86.9 Å². The fourth-order valence-electron chi connectivity index (χ4n) is 4.95. The number of amides is 1. The summed E-state index contributed by atoms with van der Waals surface area (Å²) >= 11 is 0. The first kappa shape index (κ1) is 26.5. The summed E-state index contributed by atoms with van der Waals surface area (Å²) in [6, 6.07) is 35.3. The molecule has 0 aliphatic rings. The molecule has 0 aliphatic heterocycles. The number of nitrogens with one attached hydrogen (secondary N) is 3. The predicted molar refractivity (Wildman–Crippen MR) is 170 cm³/mol. The van der Waals surface area contributed by atoms with Gasteiger partial charge >= 0.3 is 0 Å². The Morgan fingerprint density at radius 3 is 2.02 bits per heavy atom. The molecule has 0 saturated carbocycles. The van der Waals surface area contributed by atoms with E-state index in [1.165, 1.54) is 0 Å². The maximum absolute atomic E-state index is 13.0. The molecule has 0 radical (unpaired) electrons. The van der Waals surface area contributed by atoms with Crippen LogP contribution >= 0.6 is 0 Å². The van der Waals surface area contributed by atoms with Gasteiger partial charge in [-0.05, 0) is 66.2 Å². The third kappa shape index (κ3) is 5.76. The first-order chi connectivity index (χ1) is 20.4. The Bertz CT molecular complexity index is 1870. The smallest absolute Gasteiger partial charge is 0.255 e. The first-order valence-corrected chi connectivity index (χ1v) is 13.7. The number of nitrogen functional groups attached to an aromatic ring is 1. The van der Waals surface area contributed by atoms with E-state index in [4.69, 9.17) is 5.73 Å². The van der Waals surface area contributed by atoms with Crippen molar-refractivity contribution in [1.29, 1.82) is 0 Å². The summed E-state index contributed by atoms with van der Waals surface area (Å²) in [7, 11) is 4.02. The maximum Gasteiger partial charge on any atom is 0.255 e. The van der Waals surface area contributed by atoms with Crippen molar-refractivity contribution in [2.75, 3.05) is 21.7 Å². The zero-order valence-electron chi connectivity index (χ0n) is 23.5. The van der Waals surface area contributed by atoms with E-state index in [0.29, 0.717) is 11.3 Å². The Morgan fingerprint density at radius 2 is 1.31 bits per heavy atom. The molecule has 2 aromatic heterocycles. The van der Waals surface area contributed by atoms with Crippen LogP contribution in [0.25, 0.3) is 22.0 Å². The average Bonchev–Trinajstić information content (AvgIpc) is 3.01. The summed E-state index contributed by atoms with van der Waals surface area (Å²) in [5, 5.41) is 11.0. The van der Waals surface area contributed by atoms with Gasteiger partial charge in [0.2, 0.25) is 5.52 Å². The Balaban J connectivity index is 1.20. The van der Waals surface area contributed by atoms with Crippen LogP contribution in [0.4, 0.5) is 34.1 Å². The highest BCUT2D eigenvalue weighted by molar-refractivity contribution is 6.05. The number of rotatable bonds is 7. The van der Waals surface area contributed by atoms with Gasteiger partial charge in [-0.15, -0.1) is 0 Å². The molecule has 0 aliphatic carbocycles. The van der Waals surface area contributed by atoms with Gasteiger partial charge < -0.3 is 21.7 Å². The quantitative estimate of drug-likeness (QED) is 0.135. The number of aromatic nitrogens is 2. The molecule has 0 spiro atoms. The number of anilines is 6. The lowest BCUT2D eigenvalue weighted by Crippen LogP contribution is -2.29. The Morgan fingerprint density at radius 1 is 0.690 bits per heavy atom. The fraction of sp³-hybridized carbons (Fsp3) is 0.0571. The minimum Gasteiger partial charge on any atom is -0.399 e. The molecule has 0 unspecified atom stereocenters. The van der Waals surface area contributed by atoms with E-state index in [0.717, 1.165) is 50.5 Å². The van der Waals surface area contributed by atoms with E-state index in [9.17, 15) is 4.79 Å². The molecule has 0 fully saturated rings. The normalized spacial score (nSPS) is 10.8. The zero-order chi connectivity index (χ0) is 29.1. The number of nitrogens with zero attached hydrogens (tertiary/aromatic N) is 2. The van der Waals surface area contributed by atoms with Crippen LogP contribution in [0, 0.1) is 0 Å². The van der Waals surface area contributed by atoms with Gasteiger partial charge in [0.1, 0.15) is 14.1 Å².